The molecule has 4 rings (SSSR count). The molecule has 5 heteroatoms. The number of benzene rings is 3. The molecule has 32 heavy (non-hydrogen) atoms. The second-order valence-electron chi connectivity index (χ2n) is 8.12. The molecule has 0 atom stereocenters. The summed E-state index contributed by atoms with van der Waals surface area (Å²) in [5, 5.41) is 3.02. The molecule has 0 saturated carbocycles. The van der Waals surface area contributed by atoms with Crippen LogP contribution in [-0.2, 0) is 13.1 Å². The fraction of sp³-hybridized carbons (Fsp3) is 0.259. The zero-order chi connectivity index (χ0) is 22.5. The number of amides is 1. The Labute approximate surface area is 189 Å². The van der Waals surface area contributed by atoms with E-state index in [9.17, 15) is 4.79 Å². The number of hydrogen-bond donors (Lipinski definition) is 1. The Hall–Kier alpha value is -3.60. The first-order valence-corrected chi connectivity index (χ1v) is 11.0. The molecule has 0 bridgehead atoms. The number of imidazole rings is 1. The molecule has 164 valence electrons. The van der Waals surface area contributed by atoms with Crippen molar-refractivity contribution >= 4 is 16.9 Å². The summed E-state index contributed by atoms with van der Waals surface area (Å²) in [6, 6.07) is 21.8. The number of carbonyl (C=O) groups excluding carboxylic acids is 1. The van der Waals surface area contributed by atoms with Crippen LogP contribution in [0.15, 0.2) is 66.7 Å². The molecule has 0 aliphatic carbocycles. The number of carbonyl (C=O) groups is 1. The highest BCUT2D eigenvalue weighted by Gasteiger charge is 2.13. The largest absolute Gasteiger partial charge is 0.493 e. The molecule has 4 aromatic rings. The van der Waals surface area contributed by atoms with Crippen molar-refractivity contribution in [2.75, 3.05) is 6.61 Å². The van der Waals surface area contributed by atoms with Gasteiger partial charge in [0.15, 0.2) is 0 Å². The Kier molecular flexibility index (Phi) is 6.55. The number of aromatic nitrogens is 2. The normalized spacial score (nSPS) is 11.0. The van der Waals surface area contributed by atoms with Gasteiger partial charge in [-0.05, 0) is 68.7 Å². The van der Waals surface area contributed by atoms with E-state index in [2.05, 4.69) is 35.9 Å². The van der Waals surface area contributed by atoms with Crippen molar-refractivity contribution in [2.24, 2.45) is 0 Å². The van der Waals surface area contributed by atoms with Gasteiger partial charge < -0.3 is 14.6 Å². The first kappa shape index (κ1) is 21.6. The number of ether oxygens (including phenoxy) is 1. The molecular weight excluding hydrogens is 398 g/mol. The molecule has 0 spiro atoms. The maximum atomic E-state index is 12.6. The van der Waals surface area contributed by atoms with Gasteiger partial charge in [-0.15, -0.1) is 0 Å². The first-order chi connectivity index (χ1) is 15.5. The van der Waals surface area contributed by atoms with E-state index in [4.69, 9.17) is 9.72 Å². The van der Waals surface area contributed by atoms with Crippen molar-refractivity contribution in [1.82, 2.24) is 14.9 Å². The second kappa shape index (κ2) is 9.69. The Morgan fingerprint density at radius 2 is 1.81 bits per heavy atom. The molecule has 0 saturated heterocycles. The first-order valence-electron chi connectivity index (χ1n) is 11.0. The third kappa shape index (κ3) is 4.83. The van der Waals surface area contributed by atoms with Crippen molar-refractivity contribution in [3.05, 3.63) is 94.8 Å². The molecule has 1 aromatic heterocycles. The van der Waals surface area contributed by atoms with Crippen LogP contribution in [-0.4, -0.2) is 22.1 Å². The Balaban J connectivity index is 1.44. The van der Waals surface area contributed by atoms with Crippen molar-refractivity contribution in [3.63, 3.8) is 0 Å². The Bertz CT molecular complexity index is 1240. The zero-order valence-electron chi connectivity index (χ0n) is 18.9. The van der Waals surface area contributed by atoms with Crippen LogP contribution < -0.4 is 10.1 Å². The summed E-state index contributed by atoms with van der Waals surface area (Å²) in [4.78, 5) is 17.4. The Morgan fingerprint density at radius 3 is 2.66 bits per heavy atom. The van der Waals surface area contributed by atoms with E-state index in [0.29, 0.717) is 18.7 Å². The number of aryl methyl sites for hydroxylation is 3. The minimum Gasteiger partial charge on any atom is -0.493 e. The standard InChI is InChI=1S/C27H29N3O2/c1-19-9-6-11-22(17-19)27(31)28-18-26-29-23-12-4-5-13-24(23)30(26)15-8-16-32-25-14-7-10-20(2)21(25)3/h4-7,9-14,17H,8,15-16,18H2,1-3H3,(H,28,31). The molecule has 0 aliphatic heterocycles. The van der Waals surface area contributed by atoms with Gasteiger partial charge in [0.1, 0.15) is 11.6 Å². The summed E-state index contributed by atoms with van der Waals surface area (Å²) in [6.45, 7) is 7.92. The van der Waals surface area contributed by atoms with Crippen LogP contribution in [0, 0.1) is 20.8 Å². The number of fused-ring (bicyclic) bond motifs is 1. The van der Waals surface area contributed by atoms with Crippen LogP contribution in [0.5, 0.6) is 5.75 Å². The lowest BCUT2D eigenvalue weighted by Gasteiger charge is -2.13. The van der Waals surface area contributed by atoms with Crippen molar-refractivity contribution in [1.29, 1.82) is 0 Å². The van der Waals surface area contributed by atoms with Crippen molar-refractivity contribution in [3.8, 4) is 5.75 Å². The number of rotatable bonds is 8. The van der Waals surface area contributed by atoms with Gasteiger partial charge in [-0.2, -0.15) is 0 Å². The van der Waals surface area contributed by atoms with Gasteiger partial charge in [0.2, 0.25) is 0 Å². The highest BCUT2D eigenvalue weighted by atomic mass is 16.5. The molecule has 1 N–H and O–H groups in total. The van der Waals surface area contributed by atoms with E-state index < -0.39 is 0 Å². The summed E-state index contributed by atoms with van der Waals surface area (Å²) in [6.07, 6.45) is 0.840. The minimum atomic E-state index is -0.0921. The van der Waals surface area contributed by atoms with Crippen LogP contribution in [0.1, 0.15) is 39.3 Å². The van der Waals surface area contributed by atoms with E-state index in [-0.39, 0.29) is 5.91 Å². The number of nitrogens with one attached hydrogen (secondary N) is 1. The van der Waals surface area contributed by atoms with Crippen molar-refractivity contribution in [2.45, 2.75) is 40.3 Å². The van der Waals surface area contributed by atoms with Crippen LogP contribution in [0.3, 0.4) is 0 Å². The molecule has 0 unspecified atom stereocenters. The van der Waals surface area contributed by atoms with E-state index in [1.54, 1.807) is 0 Å². The fourth-order valence-corrected chi connectivity index (χ4v) is 3.84. The zero-order valence-corrected chi connectivity index (χ0v) is 18.9. The smallest absolute Gasteiger partial charge is 0.251 e. The van der Waals surface area contributed by atoms with Crippen LogP contribution in [0.25, 0.3) is 11.0 Å². The Morgan fingerprint density at radius 1 is 1.00 bits per heavy atom. The molecule has 5 nitrogen and oxygen atoms in total. The third-order valence-electron chi connectivity index (χ3n) is 5.76. The highest BCUT2D eigenvalue weighted by Crippen LogP contribution is 2.21. The summed E-state index contributed by atoms with van der Waals surface area (Å²) < 4.78 is 8.21. The van der Waals surface area contributed by atoms with Crippen LogP contribution in [0.4, 0.5) is 0 Å². The molecule has 0 aliphatic rings. The second-order valence-corrected chi connectivity index (χ2v) is 8.12. The highest BCUT2D eigenvalue weighted by molar-refractivity contribution is 5.94. The minimum absolute atomic E-state index is 0.0921. The lowest BCUT2D eigenvalue weighted by Crippen LogP contribution is -2.25. The third-order valence-corrected chi connectivity index (χ3v) is 5.76. The lowest BCUT2D eigenvalue weighted by atomic mass is 10.1. The van der Waals surface area contributed by atoms with Crippen LogP contribution >= 0.6 is 0 Å². The number of para-hydroxylation sites is 2. The van der Waals surface area contributed by atoms with Gasteiger partial charge in [0.05, 0.1) is 24.2 Å². The summed E-state index contributed by atoms with van der Waals surface area (Å²) >= 11 is 0. The molecule has 1 amide bonds. The summed E-state index contributed by atoms with van der Waals surface area (Å²) in [7, 11) is 0. The topological polar surface area (TPSA) is 56.2 Å². The number of nitrogens with zero attached hydrogens (tertiary/aromatic N) is 2. The van der Waals surface area contributed by atoms with E-state index in [0.717, 1.165) is 41.1 Å². The van der Waals surface area contributed by atoms with E-state index in [1.165, 1.54) is 11.1 Å². The quantitative estimate of drug-likeness (QED) is 0.385. The monoisotopic (exact) mass is 427 g/mol. The predicted molar refractivity (Wildman–Crippen MR) is 128 cm³/mol. The van der Waals surface area contributed by atoms with E-state index in [1.807, 2.05) is 61.5 Å². The lowest BCUT2D eigenvalue weighted by molar-refractivity contribution is 0.0949. The molecule has 0 radical (unpaired) electrons. The predicted octanol–water partition coefficient (Wildman–Crippen LogP) is 5.36. The average molecular weight is 428 g/mol. The summed E-state index contributed by atoms with van der Waals surface area (Å²) in [5.74, 6) is 1.69. The average Bonchev–Trinajstić information content (AvgIpc) is 3.15. The van der Waals surface area contributed by atoms with Gasteiger partial charge in [-0.25, -0.2) is 4.98 Å². The molecular formula is C27H29N3O2. The van der Waals surface area contributed by atoms with Gasteiger partial charge in [0.25, 0.3) is 5.91 Å². The van der Waals surface area contributed by atoms with Gasteiger partial charge >= 0.3 is 0 Å². The number of hydrogen-bond acceptors (Lipinski definition) is 3. The van der Waals surface area contributed by atoms with Gasteiger partial charge in [0, 0.05) is 12.1 Å². The molecule has 0 fully saturated rings. The maximum Gasteiger partial charge on any atom is 0.251 e. The van der Waals surface area contributed by atoms with Crippen LogP contribution in [0.2, 0.25) is 0 Å². The van der Waals surface area contributed by atoms with Gasteiger partial charge in [-0.3, -0.25) is 4.79 Å². The molecule has 1 heterocycles. The van der Waals surface area contributed by atoms with E-state index >= 15 is 0 Å². The summed E-state index contributed by atoms with van der Waals surface area (Å²) in [5.41, 5.74) is 6.14. The maximum absolute atomic E-state index is 12.6. The van der Waals surface area contributed by atoms with Crippen molar-refractivity contribution < 1.29 is 9.53 Å². The SMILES string of the molecule is Cc1cccc(C(=O)NCc2nc3ccccc3n2CCCOc2cccc(C)c2C)c1. The molecule has 3 aromatic carbocycles. The fourth-order valence-electron chi connectivity index (χ4n) is 3.84. The van der Waals surface area contributed by atoms with Gasteiger partial charge in [-0.1, -0.05) is 42.0 Å².